The molecule has 0 radical (unpaired) electrons. The predicted molar refractivity (Wildman–Crippen MR) is 72.5 cm³/mol. The van der Waals surface area contributed by atoms with Crippen LogP contribution in [0.15, 0.2) is 23.1 Å². The molecule has 0 aliphatic heterocycles. The van der Waals surface area contributed by atoms with Crippen LogP contribution in [-0.2, 0) is 19.6 Å². The zero-order valence-corrected chi connectivity index (χ0v) is 12.7. The highest BCUT2D eigenvalue weighted by molar-refractivity contribution is 7.89. The zero-order valence-electron chi connectivity index (χ0n) is 11.1. The maximum Gasteiger partial charge on any atom is 0.305 e. The van der Waals surface area contributed by atoms with Gasteiger partial charge in [-0.3, -0.25) is 4.79 Å². The van der Waals surface area contributed by atoms with Gasteiger partial charge in [0, 0.05) is 20.0 Å². The van der Waals surface area contributed by atoms with Crippen molar-refractivity contribution in [1.82, 2.24) is 4.31 Å². The fourth-order valence-corrected chi connectivity index (χ4v) is 2.97. The van der Waals surface area contributed by atoms with Crippen molar-refractivity contribution >= 4 is 27.6 Å². The molecule has 0 unspecified atom stereocenters. The van der Waals surface area contributed by atoms with E-state index in [1.165, 1.54) is 14.2 Å². The molecule has 20 heavy (non-hydrogen) atoms. The van der Waals surface area contributed by atoms with Crippen molar-refractivity contribution in [2.45, 2.75) is 17.7 Å². The van der Waals surface area contributed by atoms with Crippen LogP contribution in [0.2, 0.25) is 5.02 Å². The smallest absolute Gasteiger partial charge is 0.305 e. The molecule has 112 valence electrons. The van der Waals surface area contributed by atoms with Gasteiger partial charge in [0.1, 0.15) is 5.82 Å². The Labute approximate surface area is 122 Å². The number of sulfonamides is 1. The van der Waals surface area contributed by atoms with Gasteiger partial charge in [0.15, 0.2) is 0 Å². The lowest BCUT2D eigenvalue weighted by Gasteiger charge is -2.17. The van der Waals surface area contributed by atoms with E-state index in [0.717, 1.165) is 22.5 Å². The van der Waals surface area contributed by atoms with E-state index in [2.05, 4.69) is 4.74 Å². The van der Waals surface area contributed by atoms with Crippen LogP contribution in [-0.4, -0.2) is 39.4 Å². The van der Waals surface area contributed by atoms with Gasteiger partial charge in [-0.1, -0.05) is 11.6 Å². The minimum absolute atomic E-state index is 0.0931. The van der Waals surface area contributed by atoms with Crippen molar-refractivity contribution in [2.24, 2.45) is 0 Å². The van der Waals surface area contributed by atoms with Crippen LogP contribution >= 0.6 is 11.6 Å². The first-order chi connectivity index (χ1) is 9.28. The Balaban J connectivity index is 2.77. The largest absolute Gasteiger partial charge is 0.469 e. The molecule has 1 rings (SSSR count). The standard InChI is InChI=1S/C12H15ClFNO4S/c1-15(7-3-4-12(16)19-2)20(17,18)9-5-6-11(14)10(13)8-9/h5-6,8H,3-4,7H2,1-2H3. The van der Waals surface area contributed by atoms with Crippen molar-refractivity contribution in [1.29, 1.82) is 0 Å². The molecule has 0 saturated heterocycles. The van der Waals surface area contributed by atoms with E-state index in [-0.39, 0.29) is 22.9 Å². The Hall–Kier alpha value is -1.18. The Bertz CT molecular complexity index is 591. The van der Waals surface area contributed by atoms with Crippen molar-refractivity contribution in [3.8, 4) is 0 Å². The highest BCUT2D eigenvalue weighted by atomic mass is 35.5. The predicted octanol–water partition coefficient (Wildman–Crippen LogP) is 2.05. The summed E-state index contributed by atoms with van der Waals surface area (Å²) in [6.07, 6.45) is 0.456. The number of hydrogen-bond donors (Lipinski definition) is 0. The van der Waals surface area contributed by atoms with Gasteiger partial charge in [0.2, 0.25) is 10.0 Å². The van der Waals surface area contributed by atoms with Crippen LogP contribution in [0.4, 0.5) is 4.39 Å². The monoisotopic (exact) mass is 323 g/mol. The summed E-state index contributed by atoms with van der Waals surface area (Å²) in [5.74, 6) is -1.08. The first-order valence-electron chi connectivity index (χ1n) is 5.77. The van der Waals surface area contributed by atoms with Crippen molar-refractivity contribution < 1.29 is 22.3 Å². The minimum Gasteiger partial charge on any atom is -0.469 e. The van der Waals surface area contributed by atoms with Gasteiger partial charge in [-0.2, -0.15) is 0 Å². The molecule has 0 atom stereocenters. The van der Waals surface area contributed by atoms with E-state index >= 15 is 0 Å². The van der Waals surface area contributed by atoms with Crippen molar-refractivity contribution in [3.63, 3.8) is 0 Å². The summed E-state index contributed by atoms with van der Waals surface area (Å²) in [4.78, 5) is 10.9. The average Bonchev–Trinajstić information content (AvgIpc) is 2.41. The number of ether oxygens (including phenoxy) is 1. The number of rotatable bonds is 6. The summed E-state index contributed by atoms with van der Waals surface area (Å²) in [6, 6.07) is 3.20. The quantitative estimate of drug-likeness (QED) is 0.752. The molecule has 5 nitrogen and oxygen atoms in total. The lowest BCUT2D eigenvalue weighted by atomic mass is 10.3. The second kappa shape index (κ2) is 7.01. The summed E-state index contributed by atoms with van der Waals surface area (Å²) < 4.78 is 42.9. The molecular formula is C12H15ClFNO4S. The van der Waals surface area contributed by atoms with Gasteiger partial charge in [-0.05, 0) is 24.6 Å². The summed E-state index contributed by atoms with van der Waals surface area (Å²) >= 11 is 5.57. The normalized spacial score (nSPS) is 11.7. The number of carbonyl (C=O) groups is 1. The summed E-state index contributed by atoms with van der Waals surface area (Å²) in [5, 5.41) is -0.256. The molecule has 0 saturated carbocycles. The highest BCUT2D eigenvalue weighted by Crippen LogP contribution is 2.21. The summed E-state index contributed by atoms with van der Waals surface area (Å²) in [6.45, 7) is 0.145. The van der Waals surface area contributed by atoms with Crippen LogP contribution in [0.5, 0.6) is 0 Å². The number of benzene rings is 1. The number of carbonyl (C=O) groups excluding carboxylic acids is 1. The molecular weight excluding hydrogens is 309 g/mol. The average molecular weight is 324 g/mol. The van der Waals surface area contributed by atoms with Gasteiger partial charge in [0.05, 0.1) is 17.0 Å². The van der Waals surface area contributed by atoms with Gasteiger partial charge in [-0.25, -0.2) is 17.1 Å². The molecule has 0 aliphatic rings. The number of methoxy groups -OCH3 is 1. The van der Waals surface area contributed by atoms with Gasteiger partial charge >= 0.3 is 5.97 Å². The molecule has 0 N–H and O–H groups in total. The van der Waals surface area contributed by atoms with Gasteiger partial charge in [0.25, 0.3) is 0 Å². The summed E-state index contributed by atoms with van der Waals surface area (Å²) in [5.41, 5.74) is 0. The Morgan fingerprint density at radius 3 is 2.65 bits per heavy atom. The first-order valence-corrected chi connectivity index (χ1v) is 7.59. The van der Waals surface area contributed by atoms with Crippen LogP contribution < -0.4 is 0 Å². The second-order valence-corrected chi connectivity index (χ2v) is 6.53. The lowest BCUT2D eigenvalue weighted by molar-refractivity contribution is -0.140. The molecule has 0 fully saturated rings. The third kappa shape index (κ3) is 4.16. The van der Waals surface area contributed by atoms with E-state index in [4.69, 9.17) is 11.6 Å². The molecule has 1 aromatic carbocycles. The van der Waals surface area contributed by atoms with Crippen LogP contribution in [0.1, 0.15) is 12.8 Å². The van der Waals surface area contributed by atoms with Gasteiger partial charge < -0.3 is 4.74 Å². The molecule has 0 spiro atoms. The third-order valence-electron chi connectivity index (χ3n) is 2.68. The van der Waals surface area contributed by atoms with E-state index in [9.17, 15) is 17.6 Å². The maximum atomic E-state index is 13.0. The third-order valence-corrected chi connectivity index (χ3v) is 4.82. The van der Waals surface area contributed by atoms with E-state index in [1.807, 2.05) is 0 Å². The molecule has 0 bridgehead atoms. The van der Waals surface area contributed by atoms with E-state index < -0.39 is 21.8 Å². The van der Waals surface area contributed by atoms with Crippen LogP contribution in [0.3, 0.4) is 0 Å². The molecule has 0 aromatic heterocycles. The highest BCUT2D eigenvalue weighted by Gasteiger charge is 2.21. The molecule has 0 amide bonds. The fourth-order valence-electron chi connectivity index (χ4n) is 1.49. The lowest BCUT2D eigenvalue weighted by Crippen LogP contribution is -2.28. The number of halogens is 2. The summed E-state index contributed by atoms with van der Waals surface area (Å²) in [7, 11) is -1.11. The fraction of sp³-hybridized carbons (Fsp3) is 0.417. The van der Waals surface area contributed by atoms with Crippen LogP contribution in [0.25, 0.3) is 0 Å². The molecule has 1 aromatic rings. The molecule has 0 aliphatic carbocycles. The van der Waals surface area contributed by atoms with Crippen molar-refractivity contribution in [2.75, 3.05) is 20.7 Å². The number of nitrogens with zero attached hydrogens (tertiary/aromatic N) is 1. The Kier molecular flexibility index (Phi) is 5.91. The molecule has 0 heterocycles. The maximum absolute atomic E-state index is 13.0. The Morgan fingerprint density at radius 1 is 1.45 bits per heavy atom. The number of hydrogen-bond acceptors (Lipinski definition) is 4. The second-order valence-electron chi connectivity index (χ2n) is 4.08. The van der Waals surface area contributed by atoms with Gasteiger partial charge in [-0.15, -0.1) is 0 Å². The molecule has 8 heteroatoms. The first kappa shape index (κ1) is 16.9. The topological polar surface area (TPSA) is 63.7 Å². The SMILES string of the molecule is COC(=O)CCCN(C)S(=O)(=O)c1ccc(F)c(Cl)c1. The number of esters is 1. The zero-order chi connectivity index (χ0) is 15.3. The Morgan fingerprint density at radius 2 is 2.10 bits per heavy atom. The van der Waals surface area contributed by atoms with Crippen LogP contribution in [0, 0.1) is 5.82 Å². The minimum atomic E-state index is -3.75. The van der Waals surface area contributed by atoms with E-state index in [1.54, 1.807) is 0 Å². The van der Waals surface area contributed by atoms with Crippen molar-refractivity contribution in [3.05, 3.63) is 29.0 Å². The van der Waals surface area contributed by atoms with E-state index in [0.29, 0.717) is 6.42 Å².